The maximum atomic E-state index is 13.1. The van der Waals surface area contributed by atoms with E-state index >= 15 is 0 Å². The van der Waals surface area contributed by atoms with Crippen LogP contribution in [0.25, 0.3) is 0 Å². The summed E-state index contributed by atoms with van der Waals surface area (Å²) in [5, 5.41) is 2.78. The molecule has 0 saturated carbocycles. The Morgan fingerprint density at radius 1 is 1.55 bits per heavy atom. The third-order valence-corrected chi connectivity index (χ3v) is 3.89. The first-order chi connectivity index (χ1) is 10.5. The molecular weight excluding hydrogens is 311 g/mol. The van der Waals surface area contributed by atoms with Gasteiger partial charge in [0.1, 0.15) is 5.82 Å². The summed E-state index contributed by atoms with van der Waals surface area (Å²) in [5.74, 6) is -1.08. The van der Waals surface area contributed by atoms with Gasteiger partial charge in [-0.05, 0) is 17.7 Å². The second-order valence-electron chi connectivity index (χ2n) is 5.20. The van der Waals surface area contributed by atoms with Crippen LogP contribution in [0.1, 0.15) is 12.0 Å². The van der Waals surface area contributed by atoms with Gasteiger partial charge in [0.05, 0.1) is 17.5 Å². The standard InChI is InChI=1S/C15H18ClFN2O3/c1-22-5-4-19-9-11(7-14(19)20)15(21)18-8-10-2-3-13(17)12(16)6-10/h2-3,6,11H,4-5,7-9H2,1H3,(H,18,21)/t11-/m1/s1. The number of carbonyl (C=O) groups is 2. The molecule has 1 heterocycles. The lowest BCUT2D eigenvalue weighted by molar-refractivity contribution is -0.129. The molecule has 1 atom stereocenters. The summed E-state index contributed by atoms with van der Waals surface area (Å²) in [7, 11) is 1.57. The molecule has 1 aliphatic rings. The first-order valence-electron chi connectivity index (χ1n) is 6.99. The van der Waals surface area contributed by atoms with E-state index < -0.39 is 5.82 Å². The maximum Gasteiger partial charge on any atom is 0.225 e. The average molecular weight is 329 g/mol. The number of methoxy groups -OCH3 is 1. The van der Waals surface area contributed by atoms with E-state index in [1.54, 1.807) is 18.1 Å². The normalized spacial score (nSPS) is 17.9. The summed E-state index contributed by atoms with van der Waals surface area (Å²) in [6.07, 6.45) is 0.208. The predicted octanol–water partition coefficient (Wildman–Crippen LogP) is 1.59. The molecule has 0 aromatic heterocycles. The molecule has 0 spiro atoms. The zero-order valence-corrected chi connectivity index (χ0v) is 13.0. The van der Waals surface area contributed by atoms with Gasteiger partial charge in [0.2, 0.25) is 11.8 Å². The zero-order valence-electron chi connectivity index (χ0n) is 12.3. The van der Waals surface area contributed by atoms with Gasteiger partial charge in [0, 0.05) is 33.2 Å². The number of amides is 2. The summed E-state index contributed by atoms with van der Waals surface area (Å²) in [6, 6.07) is 4.30. The number of nitrogens with zero attached hydrogens (tertiary/aromatic N) is 1. The van der Waals surface area contributed by atoms with Crippen LogP contribution in [-0.2, 0) is 20.9 Å². The highest BCUT2D eigenvalue weighted by Gasteiger charge is 2.33. The van der Waals surface area contributed by atoms with E-state index in [-0.39, 0.29) is 35.7 Å². The lowest BCUT2D eigenvalue weighted by Crippen LogP contribution is -2.33. The summed E-state index contributed by atoms with van der Waals surface area (Å²) < 4.78 is 18.0. The molecule has 1 saturated heterocycles. The van der Waals surface area contributed by atoms with Gasteiger partial charge >= 0.3 is 0 Å². The monoisotopic (exact) mass is 328 g/mol. The Hall–Kier alpha value is -1.66. The molecule has 1 aromatic rings. The van der Waals surface area contributed by atoms with Crippen molar-refractivity contribution in [2.45, 2.75) is 13.0 Å². The van der Waals surface area contributed by atoms with Gasteiger partial charge in [0.25, 0.3) is 0 Å². The van der Waals surface area contributed by atoms with Crippen molar-refractivity contribution in [2.75, 3.05) is 26.8 Å². The van der Waals surface area contributed by atoms with Crippen molar-refractivity contribution in [3.8, 4) is 0 Å². The van der Waals surface area contributed by atoms with Crippen LogP contribution in [0, 0.1) is 11.7 Å². The van der Waals surface area contributed by atoms with Crippen LogP contribution < -0.4 is 5.32 Å². The van der Waals surface area contributed by atoms with E-state index in [9.17, 15) is 14.0 Å². The van der Waals surface area contributed by atoms with Gasteiger partial charge in [0.15, 0.2) is 0 Å². The molecule has 2 amide bonds. The fourth-order valence-electron chi connectivity index (χ4n) is 2.35. The molecule has 7 heteroatoms. The number of halogens is 2. The fraction of sp³-hybridized carbons (Fsp3) is 0.467. The molecule has 1 fully saturated rings. The number of hydrogen-bond donors (Lipinski definition) is 1. The predicted molar refractivity (Wildman–Crippen MR) is 79.8 cm³/mol. The molecule has 0 unspecified atom stereocenters. The Bertz CT molecular complexity index is 568. The fourth-order valence-corrected chi connectivity index (χ4v) is 2.55. The number of ether oxygens (including phenoxy) is 1. The number of likely N-dealkylation sites (tertiary alicyclic amines) is 1. The minimum Gasteiger partial charge on any atom is -0.383 e. The molecule has 0 bridgehead atoms. The van der Waals surface area contributed by atoms with Crippen LogP contribution in [0.2, 0.25) is 5.02 Å². The molecule has 2 rings (SSSR count). The molecule has 1 aliphatic heterocycles. The lowest BCUT2D eigenvalue weighted by Gasteiger charge is -2.15. The second-order valence-corrected chi connectivity index (χ2v) is 5.61. The first-order valence-corrected chi connectivity index (χ1v) is 7.37. The molecule has 0 radical (unpaired) electrons. The summed E-state index contributed by atoms with van der Waals surface area (Å²) in [4.78, 5) is 25.5. The van der Waals surface area contributed by atoms with Crippen molar-refractivity contribution in [3.05, 3.63) is 34.6 Å². The van der Waals surface area contributed by atoms with Gasteiger partial charge in [-0.25, -0.2) is 4.39 Å². The third-order valence-electron chi connectivity index (χ3n) is 3.60. The lowest BCUT2D eigenvalue weighted by atomic mass is 10.1. The summed E-state index contributed by atoms with van der Waals surface area (Å²) in [5.41, 5.74) is 0.709. The summed E-state index contributed by atoms with van der Waals surface area (Å²) >= 11 is 5.69. The van der Waals surface area contributed by atoms with Gasteiger partial charge in [-0.1, -0.05) is 17.7 Å². The van der Waals surface area contributed by atoms with Crippen LogP contribution in [0.3, 0.4) is 0 Å². The van der Waals surface area contributed by atoms with Crippen molar-refractivity contribution in [1.82, 2.24) is 10.2 Å². The van der Waals surface area contributed by atoms with Gasteiger partial charge in [-0.15, -0.1) is 0 Å². The molecule has 22 heavy (non-hydrogen) atoms. The van der Waals surface area contributed by atoms with E-state index in [1.807, 2.05) is 0 Å². The van der Waals surface area contributed by atoms with Crippen LogP contribution >= 0.6 is 11.6 Å². The minimum atomic E-state index is -0.494. The van der Waals surface area contributed by atoms with Crippen LogP contribution in [-0.4, -0.2) is 43.5 Å². The molecule has 1 aromatic carbocycles. The zero-order chi connectivity index (χ0) is 16.1. The van der Waals surface area contributed by atoms with Gasteiger partial charge in [-0.3, -0.25) is 9.59 Å². The minimum absolute atomic E-state index is 0.0218. The smallest absolute Gasteiger partial charge is 0.225 e. The van der Waals surface area contributed by atoms with Crippen molar-refractivity contribution >= 4 is 23.4 Å². The number of carbonyl (C=O) groups excluding carboxylic acids is 2. The Balaban J connectivity index is 1.85. The third kappa shape index (κ3) is 4.18. The highest BCUT2D eigenvalue weighted by atomic mass is 35.5. The van der Waals surface area contributed by atoms with E-state index in [4.69, 9.17) is 16.3 Å². The number of nitrogens with one attached hydrogen (secondary N) is 1. The van der Waals surface area contributed by atoms with Crippen molar-refractivity contribution in [2.24, 2.45) is 5.92 Å². The largest absolute Gasteiger partial charge is 0.383 e. The van der Waals surface area contributed by atoms with E-state index in [2.05, 4.69) is 5.32 Å². The highest BCUT2D eigenvalue weighted by Crippen LogP contribution is 2.19. The summed E-state index contributed by atoms with van der Waals surface area (Å²) in [6.45, 7) is 1.60. The van der Waals surface area contributed by atoms with E-state index in [0.29, 0.717) is 25.3 Å². The Kier molecular flexibility index (Phi) is 5.74. The number of benzene rings is 1. The average Bonchev–Trinajstić information content (AvgIpc) is 2.87. The van der Waals surface area contributed by atoms with Crippen molar-refractivity contribution in [3.63, 3.8) is 0 Å². The van der Waals surface area contributed by atoms with Gasteiger partial charge < -0.3 is 15.0 Å². The van der Waals surface area contributed by atoms with E-state index in [0.717, 1.165) is 0 Å². The van der Waals surface area contributed by atoms with E-state index in [1.165, 1.54) is 12.1 Å². The maximum absolute atomic E-state index is 13.1. The Morgan fingerprint density at radius 2 is 2.32 bits per heavy atom. The topological polar surface area (TPSA) is 58.6 Å². The molecule has 1 N–H and O–H groups in total. The van der Waals surface area contributed by atoms with Crippen molar-refractivity contribution < 1.29 is 18.7 Å². The number of rotatable bonds is 6. The Morgan fingerprint density at radius 3 is 3.00 bits per heavy atom. The second kappa shape index (κ2) is 7.56. The first kappa shape index (κ1) is 16.7. The van der Waals surface area contributed by atoms with Gasteiger partial charge in [-0.2, -0.15) is 0 Å². The van der Waals surface area contributed by atoms with Crippen LogP contribution in [0.5, 0.6) is 0 Å². The highest BCUT2D eigenvalue weighted by molar-refractivity contribution is 6.30. The van der Waals surface area contributed by atoms with Crippen molar-refractivity contribution in [1.29, 1.82) is 0 Å². The molecule has 120 valence electrons. The molecule has 5 nitrogen and oxygen atoms in total. The van der Waals surface area contributed by atoms with Crippen LogP contribution in [0.15, 0.2) is 18.2 Å². The molecular formula is C15H18ClFN2O3. The van der Waals surface area contributed by atoms with Crippen LogP contribution in [0.4, 0.5) is 4.39 Å². The Labute approximate surface area is 133 Å². The quantitative estimate of drug-likeness (QED) is 0.862. The SMILES string of the molecule is COCCN1C[C@H](C(=O)NCc2ccc(F)c(Cl)c2)CC1=O. The molecule has 0 aliphatic carbocycles. The number of hydrogen-bond acceptors (Lipinski definition) is 3.